The summed E-state index contributed by atoms with van der Waals surface area (Å²) in [7, 11) is 0. The molecule has 0 amide bonds. The largest absolute Gasteiger partial charge is 0.481 e. The number of carboxylic acid groups (broad SMARTS) is 1. The van der Waals surface area contributed by atoms with Gasteiger partial charge in [0.15, 0.2) is 5.15 Å². The van der Waals surface area contributed by atoms with Crippen molar-refractivity contribution >= 4 is 23.1 Å². The van der Waals surface area contributed by atoms with Crippen molar-refractivity contribution in [1.29, 1.82) is 0 Å². The fourth-order valence-electron chi connectivity index (χ4n) is 1.46. The Bertz CT molecular complexity index is 507. The van der Waals surface area contributed by atoms with E-state index in [0.717, 1.165) is 5.52 Å². The molecular formula is C10H9ClN2O2. The highest BCUT2D eigenvalue weighted by Gasteiger charge is 2.09. The van der Waals surface area contributed by atoms with Crippen molar-refractivity contribution in [2.24, 2.45) is 0 Å². The molecule has 0 saturated carbocycles. The maximum Gasteiger partial charge on any atom is 0.303 e. The van der Waals surface area contributed by atoms with Gasteiger partial charge in [0.25, 0.3) is 0 Å². The summed E-state index contributed by atoms with van der Waals surface area (Å²) in [4.78, 5) is 14.6. The molecule has 0 bridgehead atoms. The van der Waals surface area contributed by atoms with Crippen LogP contribution in [0.2, 0.25) is 5.15 Å². The summed E-state index contributed by atoms with van der Waals surface area (Å²) in [5.41, 5.74) is 0.805. The minimum Gasteiger partial charge on any atom is -0.481 e. The second-order valence-corrected chi connectivity index (χ2v) is 3.53. The van der Waals surface area contributed by atoms with Crippen LogP contribution in [-0.4, -0.2) is 20.5 Å². The first-order valence-corrected chi connectivity index (χ1v) is 4.89. The first kappa shape index (κ1) is 9.98. The molecule has 0 aliphatic rings. The molecule has 0 radical (unpaired) electrons. The van der Waals surface area contributed by atoms with Crippen molar-refractivity contribution in [3.05, 3.63) is 35.4 Å². The van der Waals surface area contributed by atoms with E-state index < -0.39 is 5.97 Å². The summed E-state index contributed by atoms with van der Waals surface area (Å²) in [5.74, 6) is -0.156. The minimum absolute atomic E-state index is 0.0599. The number of carbonyl (C=O) groups is 1. The van der Waals surface area contributed by atoms with Gasteiger partial charge >= 0.3 is 5.97 Å². The summed E-state index contributed by atoms with van der Waals surface area (Å²) >= 11 is 5.91. The van der Waals surface area contributed by atoms with E-state index in [1.807, 2.05) is 28.8 Å². The number of fused-ring (bicyclic) bond motifs is 1. The number of rotatable bonds is 3. The van der Waals surface area contributed by atoms with Gasteiger partial charge in [-0.15, -0.1) is 0 Å². The van der Waals surface area contributed by atoms with Crippen LogP contribution < -0.4 is 0 Å². The molecule has 0 aliphatic carbocycles. The highest BCUT2D eigenvalue weighted by Crippen LogP contribution is 2.18. The monoisotopic (exact) mass is 224 g/mol. The topological polar surface area (TPSA) is 54.6 Å². The van der Waals surface area contributed by atoms with Crippen molar-refractivity contribution in [3.63, 3.8) is 0 Å². The van der Waals surface area contributed by atoms with Gasteiger partial charge in [-0.05, 0) is 12.1 Å². The Hall–Kier alpha value is -1.55. The van der Waals surface area contributed by atoms with Gasteiger partial charge < -0.3 is 9.51 Å². The number of imidazole rings is 1. The lowest BCUT2D eigenvalue weighted by atomic mass is 10.3. The Balaban J connectivity index is 2.39. The normalized spacial score (nSPS) is 10.7. The van der Waals surface area contributed by atoms with Crippen LogP contribution in [0.1, 0.15) is 12.2 Å². The number of aliphatic carboxylic acids is 1. The van der Waals surface area contributed by atoms with Crippen molar-refractivity contribution in [2.75, 3.05) is 0 Å². The average Bonchev–Trinajstić information content (AvgIpc) is 2.54. The molecular weight excluding hydrogens is 216 g/mol. The summed E-state index contributed by atoms with van der Waals surface area (Å²) in [6.07, 6.45) is 2.27. The third-order valence-corrected chi connectivity index (χ3v) is 2.42. The number of halogens is 1. The van der Waals surface area contributed by atoms with Gasteiger partial charge in [0.1, 0.15) is 5.82 Å². The first-order valence-electron chi connectivity index (χ1n) is 4.52. The highest BCUT2D eigenvalue weighted by atomic mass is 35.5. The smallest absolute Gasteiger partial charge is 0.303 e. The number of nitrogens with zero attached hydrogens (tertiary/aromatic N) is 2. The summed E-state index contributed by atoms with van der Waals surface area (Å²) < 4.78 is 1.81. The van der Waals surface area contributed by atoms with E-state index in [-0.39, 0.29) is 6.42 Å². The van der Waals surface area contributed by atoms with Crippen LogP contribution in [0, 0.1) is 0 Å². The van der Waals surface area contributed by atoms with Gasteiger partial charge in [-0.3, -0.25) is 4.79 Å². The molecule has 1 N–H and O–H groups in total. The second kappa shape index (κ2) is 3.90. The molecule has 0 spiro atoms. The minimum atomic E-state index is -0.834. The lowest BCUT2D eigenvalue weighted by Crippen LogP contribution is -2.01. The average molecular weight is 225 g/mol. The molecule has 2 rings (SSSR count). The van der Waals surface area contributed by atoms with Crippen LogP contribution in [0.3, 0.4) is 0 Å². The Labute approximate surface area is 91.1 Å². The van der Waals surface area contributed by atoms with Crippen molar-refractivity contribution in [1.82, 2.24) is 9.38 Å². The lowest BCUT2D eigenvalue weighted by molar-refractivity contribution is -0.137. The van der Waals surface area contributed by atoms with Crippen LogP contribution in [0.5, 0.6) is 0 Å². The standard InChI is InChI=1S/C10H9ClN2O2/c11-10-7-3-1-2-6-13(7)8(12-10)4-5-9(14)15/h1-3,6H,4-5H2,(H,14,15). The zero-order valence-corrected chi connectivity index (χ0v) is 8.61. The molecule has 4 nitrogen and oxygen atoms in total. The van der Waals surface area contributed by atoms with E-state index in [0.29, 0.717) is 17.4 Å². The molecule has 2 aromatic heterocycles. The summed E-state index contributed by atoms with van der Waals surface area (Å²) in [5, 5.41) is 9.00. The fraction of sp³-hybridized carbons (Fsp3) is 0.200. The zero-order valence-electron chi connectivity index (χ0n) is 7.85. The molecule has 0 atom stereocenters. The molecule has 15 heavy (non-hydrogen) atoms. The lowest BCUT2D eigenvalue weighted by Gasteiger charge is -1.97. The van der Waals surface area contributed by atoms with Crippen LogP contribution in [0.15, 0.2) is 24.4 Å². The number of carboxylic acids is 1. The Morgan fingerprint density at radius 3 is 3.07 bits per heavy atom. The van der Waals surface area contributed by atoms with E-state index in [2.05, 4.69) is 4.98 Å². The van der Waals surface area contributed by atoms with Gasteiger partial charge in [-0.1, -0.05) is 17.7 Å². The molecule has 0 aromatic carbocycles. The van der Waals surface area contributed by atoms with E-state index >= 15 is 0 Å². The predicted octanol–water partition coefficient (Wildman–Crippen LogP) is 2.00. The number of aromatic nitrogens is 2. The highest BCUT2D eigenvalue weighted by molar-refractivity contribution is 6.32. The number of hydrogen-bond acceptors (Lipinski definition) is 2. The van der Waals surface area contributed by atoms with E-state index in [9.17, 15) is 4.79 Å². The quantitative estimate of drug-likeness (QED) is 0.868. The molecule has 2 heterocycles. The van der Waals surface area contributed by atoms with Gasteiger partial charge in [-0.2, -0.15) is 0 Å². The van der Waals surface area contributed by atoms with Gasteiger partial charge in [0.2, 0.25) is 0 Å². The Kier molecular flexibility index (Phi) is 2.60. The number of pyridine rings is 1. The number of aryl methyl sites for hydroxylation is 1. The molecule has 0 aliphatic heterocycles. The summed E-state index contributed by atoms with van der Waals surface area (Å²) in [6, 6.07) is 5.57. The fourth-order valence-corrected chi connectivity index (χ4v) is 1.71. The molecule has 78 valence electrons. The number of hydrogen-bond donors (Lipinski definition) is 1. The third-order valence-electron chi connectivity index (χ3n) is 2.14. The maximum atomic E-state index is 10.4. The van der Waals surface area contributed by atoms with Crippen molar-refractivity contribution in [3.8, 4) is 0 Å². The Morgan fingerprint density at radius 1 is 1.53 bits per heavy atom. The van der Waals surface area contributed by atoms with Gasteiger partial charge in [0, 0.05) is 12.6 Å². The summed E-state index contributed by atoms with van der Waals surface area (Å²) in [6.45, 7) is 0. The van der Waals surface area contributed by atoms with Gasteiger partial charge in [0.05, 0.1) is 11.9 Å². The van der Waals surface area contributed by atoms with Crippen LogP contribution in [0.4, 0.5) is 0 Å². The van der Waals surface area contributed by atoms with Gasteiger partial charge in [-0.25, -0.2) is 4.98 Å². The van der Waals surface area contributed by atoms with E-state index in [4.69, 9.17) is 16.7 Å². The molecule has 0 saturated heterocycles. The predicted molar refractivity (Wildman–Crippen MR) is 56.2 cm³/mol. The van der Waals surface area contributed by atoms with Crippen LogP contribution in [-0.2, 0) is 11.2 Å². The Morgan fingerprint density at radius 2 is 2.33 bits per heavy atom. The van der Waals surface area contributed by atoms with Crippen LogP contribution in [0.25, 0.3) is 5.52 Å². The van der Waals surface area contributed by atoms with Crippen molar-refractivity contribution < 1.29 is 9.90 Å². The molecule has 2 aromatic rings. The maximum absolute atomic E-state index is 10.4. The van der Waals surface area contributed by atoms with E-state index in [1.54, 1.807) is 0 Å². The van der Waals surface area contributed by atoms with Crippen LogP contribution >= 0.6 is 11.6 Å². The molecule has 0 unspecified atom stereocenters. The molecule has 0 fully saturated rings. The first-order chi connectivity index (χ1) is 7.18. The van der Waals surface area contributed by atoms with E-state index in [1.165, 1.54) is 0 Å². The molecule has 5 heteroatoms. The van der Waals surface area contributed by atoms with Crippen molar-refractivity contribution in [2.45, 2.75) is 12.8 Å². The SMILES string of the molecule is O=C(O)CCc1nc(Cl)c2ccccn12. The second-order valence-electron chi connectivity index (χ2n) is 3.17. The zero-order chi connectivity index (χ0) is 10.8. The third kappa shape index (κ3) is 1.94.